The van der Waals surface area contributed by atoms with Crippen molar-refractivity contribution in [3.05, 3.63) is 23.8 Å². The first-order valence-electron chi connectivity index (χ1n) is 7.21. The molecule has 0 spiro atoms. The average Bonchev–Trinajstić information content (AvgIpc) is 3.22. The maximum Gasteiger partial charge on any atom is 0.160 e. The van der Waals surface area contributed by atoms with Crippen LogP contribution in [0.15, 0.2) is 18.2 Å². The van der Waals surface area contributed by atoms with E-state index in [9.17, 15) is 0 Å². The predicted octanol–water partition coefficient (Wildman–Crippen LogP) is 3.02. The number of rotatable bonds is 8. The zero-order valence-electron chi connectivity index (χ0n) is 12.2. The molecule has 106 valence electrons. The molecule has 1 aromatic carbocycles. The third-order valence-corrected chi connectivity index (χ3v) is 3.74. The molecule has 2 rings (SSSR count). The van der Waals surface area contributed by atoms with Crippen LogP contribution in [-0.2, 0) is 6.42 Å². The van der Waals surface area contributed by atoms with E-state index in [2.05, 4.69) is 24.4 Å². The molecule has 19 heavy (non-hydrogen) atoms. The largest absolute Gasteiger partial charge is 0.493 e. The molecule has 1 aliphatic rings. The van der Waals surface area contributed by atoms with Gasteiger partial charge in [-0.1, -0.05) is 25.8 Å². The summed E-state index contributed by atoms with van der Waals surface area (Å²) in [7, 11) is 3.36. The lowest BCUT2D eigenvalue weighted by Gasteiger charge is -2.18. The molecule has 3 heteroatoms. The van der Waals surface area contributed by atoms with Gasteiger partial charge in [0.05, 0.1) is 14.2 Å². The molecule has 1 atom stereocenters. The van der Waals surface area contributed by atoms with Crippen LogP contribution < -0.4 is 14.8 Å². The average molecular weight is 263 g/mol. The van der Waals surface area contributed by atoms with Crippen molar-refractivity contribution in [2.45, 2.75) is 38.6 Å². The molecule has 1 saturated carbocycles. The third-order valence-electron chi connectivity index (χ3n) is 3.74. The van der Waals surface area contributed by atoms with Crippen molar-refractivity contribution in [3.8, 4) is 11.5 Å². The number of likely N-dealkylation sites (N-methyl/N-ethyl adjacent to an activating group) is 1. The number of ether oxygens (including phenoxy) is 2. The lowest BCUT2D eigenvalue weighted by molar-refractivity contribution is 0.354. The Bertz CT molecular complexity index is 402. The molecule has 0 saturated heterocycles. The maximum absolute atomic E-state index is 5.37. The first-order chi connectivity index (χ1) is 9.26. The van der Waals surface area contributed by atoms with Crippen molar-refractivity contribution < 1.29 is 9.47 Å². The van der Waals surface area contributed by atoms with Gasteiger partial charge in [0.15, 0.2) is 11.5 Å². The van der Waals surface area contributed by atoms with Crippen LogP contribution in [0.25, 0.3) is 0 Å². The fourth-order valence-corrected chi connectivity index (χ4v) is 2.58. The highest BCUT2D eigenvalue weighted by atomic mass is 16.5. The number of methoxy groups -OCH3 is 2. The fraction of sp³-hybridized carbons (Fsp3) is 0.625. The van der Waals surface area contributed by atoms with Crippen molar-refractivity contribution >= 4 is 0 Å². The predicted molar refractivity (Wildman–Crippen MR) is 78.1 cm³/mol. The zero-order chi connectivity index (χ0) is 13.7. The quantitative estimate of drug-likeness (QED) is 0.782. The topological polar surface area (TPSA) is 30.5 Å². The third kappa shape index (κ3) is 4.13. The van der Waals surface area contributed by atoms with Crippen LogP contribution in [0.2, 0.25) is 0 Å². The van der Waals surface area contributed by atoms with E-state index in [-0.39, 0.29) is 0 Å². The molecular weight excluding hydrogens is 238 g/mol. The minimum absolute atomic E-state index is 0.579. The zero-order valence-corrected chi connectivity index (χ0v) is 12.2. The number of hydrogen-bond donors (Lipinski definition) is 1. The Morgan fingerprint density at radius 3 is 2.53 bits per heavy atom. The van der Waals surface area contributed by atoms with Gasteiger partial charge in [0, 0.05) is 6.04 Å². The monoisotopic (exact) mass is 263 g/mol. The van der Waals surface area contributed by atoms with Crippen LogP contribution in [0.3, 0.4) is 0 Å². The molecule has 0 heterocycles. The standard InChI is InChI=1S/C16H25NO2/c1-4-17-14(9-12-5-6-12)10-13-7-8-15(18-2)16(11-13)19-3/h7-8,11-12,14,17H,4-6,9-10H2,1-3H3. The van der Waals surface area contributed by atoms with Crippen molar-refractivity contribution in [2.75, 3.05) is 20.8 Å². The molecule has 0 bridgehead atoms. The van der Waals surface area contributed by atoms with Gasteiger partial charge in [-0.15, -0.1) is 0 Å². The van der Waals surface area contributed by atoms with E-state index >= 15 is 0 Å². The molecule has 1 aliphatic carbocycles. The van der Waals surface area contributed by atoms with Crippen LogP contribution in [-0.4, -0.2) is 26.8 Å². The summed E-state index contributed by atoms with van der Waals surface area (Å²) in [6, 6.07) is 6.80. The Kier molecular flexibility index (Phi) is 5.08. The minimum Gasteiger partial charge on any atom is -0.493 e. The molecule has 0 aromatic heterocycles. The lowest BCUT2D eigenvalue weighted by Crippen LogP contribution is -2.31. The second-order valence-electron chi connectivity index (χ2n) is 5.33. The molecule has 1 aromatic rings. The molecule has 0 radical (unpaired) electrons. The van der Waals surface area contributed by atoms with Crippen LogP contribution in [0.1, 0.15) is 31.7 Å². The van der Waals surface area contributed by atoms with E-state index in [1.54, 1.807) is 14.2 Å². The summed E-state index contributed by atoms with van der Waals surface area (Å²) in [6.07, 6.45) is 5.18. The van der Waals surface area contributed by atoms with Gasteiger partial charge in [-0.2, -0.15) is 0 Å². The highest BCUT2D eigenvalue weighted by molar-refractivity contribution is 5.43. The van der Waals surface area contributed by atoms with E-state index in [0.717, 1.165) is 30.4 Å². The minimum atomic E-state index is 0.579. The van der Waals surface area contributed by atoms with Crippen molar-refractivity contribution in [3.63, 3.8) is 0 Å². The van der Waals surface area contributed by atoms with E-state index < -0.39 is 0 Å². The van der Waals surface area contributed by atoms with Gasteiger partial charge in [-0.05, 0) is 43.0 Å². The first-order valence-corrected chi connectivity index (χ1v) is 7.21. The van der Waals surface area contributed by atoms with Crippen LogP contribution in [0.4, 0.5) is 0 Å². The smallest absolute Gasteiger partial charge is 0.160 e. The molecule has 3 nitrogen and oxygen atoms in total. The number of hydrogen-bond acceptors (Lipinski definition) is 3. The molecule has 0 amide bonds. The number of nitrogens with one attached hydrogen (secondary N) is 1. The van der Waals surface area contributed by atoms with Gasteiger partial charge in [0.1, 0.15) is 0 Å². The van der Waals surface area contributed by atoms with Gasteiger partial charge in [0.2, 0.25) is 0 Å². The second-order valence-corrected chi connectivity index (χ2v) is 5.33. The first kappa shape index (κ1) is 14.2. The lowest BCUT2D eigenvalue weighted by atomic mass is 10.0. The number of benzene rings is 1. The fourth-order valence-electron chi connectivity index (χ4n) is 2.58. The summed E-state index contributed by atoms with van der Waals surface area (Å²) < 4.78 is 10.6. The van der Waals surface area contributed by atoms with E-state index in [4.69, 9.17) is 9.47 Å². The molecule has 0 aliphatic heterocycles. The van der Waals surface area contributed by atoms with Gasteiger partial charge < -0.3 is 14.8 Å². The van der Waals surface area contributed by atoms with Gasteiger partial charge >= 0.3 is 0 Å². The molecular formula is C16H25NO2. The van der Waals surface area contributed by atoms with Crippen LogP contribution in [0, 0.1) is 5.92 Å². The van der Waals surface area contributed by atoms with Gasteiger partial charge in [-0.3, -0.25) is 0 Å². The van der Waals surface area contributed by atoms with Gasteiger partial charge in [0.25, 0.3) is 0 Å². The van der Waals surface area contributed by atoms with Crippen molar-refractivity contribution in [1.82, 2.24) is 5.32 Å². The SMILES string of the molecule is CCNC(Cc1ccc(OC)c(OC)c1)CC1CC1. The Morgan fingerprint density at radius 1 is 1.21 bits per heavy atom. The van der Waals surface area contributed by atoms with Crippen molar-refractivity contribution in [2.24, 2.45) is 5.92 Å². The second kappa shape index (κ2) is 6.80. The normalized spacial score (nSPS) is 16.2. The summed E-state index contributed by atoms with van der Waals surface area (Å²) in [5.74, 6) is 2.57. The summed E-state index contributed by atoms with van der Waals surface area (Å²) in [5, 5.41) is 3.60. The Balaban J connectivity index is 2.02. The molecule has 1 N–H and O–H groups in total. The van der Waals surface area contributed by atoms with Crippen LogP contribution >= 0.6 is 0 Å². The van der Waals surface area contributed by atoms with Gasteiger partial charge in [-0.25, -0.2) is 0 Å². The molecule has 1 fully saturated rings. The van der Waals surface area contributed by atoms with Crippen molar-refractivity contribution in [1.29, 1.82) is 0 Å². The highest BCUT2D eigenvalue weighted by Gasteiger charge is 2.25. The highest BCUT2D eigenvalue weighted by Crippen LogP contribution is 2.34. The summed E-state index contributed by atoms with van der Waals surface area (Å²) in [6.45, 7) is 3.21. The Labute approximate surface area is 116 Å². The van der Waals surface area contributed by atoms with E-state index in [1.165, 1.54) is 24.8 Å². The Hall–Kier alpha value is -1.22. The molecule has 1 unspecified atom stereocenters. The summed E-state index contributed by atoms with van der Waals surface area (Å²) in [4.78, 5) is 0. The maximum atomic E-state index is 5.37. The Morgan fingerprint density at radius 2 is 1.95 bits per heavy atom. The van der Waals surface area contributed by atoms with E-state index in [1.807, 2.05) is 6.07 Å². The van der Waals surface area contributed by atoms with E-state index in [0.29, 0.717) is 6.04 Å². The van der Waals surface area contributed by atoms with Crippen LogP contribution in [0.5, 0.6) is 11.5 Å². The summed E-state index contributed by atoms with van der Waals surface area (Å²) >= 11 is 0. The summed E-state index contributed by atoms with van der Waals surface area (Å²) in [5.41, 5.74) is 1.31.